The van der Waals surface area contributed by atoms with E-state index in [0.717, 1.165) is 16.8 Å². The molecule has 4 heteroatoms. The van der Waals surface area contributed by atoms with Gasteiger partial charge in [0.1, 0.15) is 5.75 Å². The highest BCUT2D eigenvalue weighted by Gasteiger charge is 1.95. The first-order valence-corrected chi connectivity index (χ1v) is 6.30. The van der Waals surface area contributed by atoms with E-state index in [0.29, 0.717) is 0 Å². The van der Waals surface area contributed by atoms with Gasteiger partial charge in [0, 0.05) is 19.7 Å². The SMILES string of the molecule is CN(C)N=Nc1ccc(/C=C\c2ccccc2O)cc1. The lowest BCUT2D eigenvalue weighted by atomic mass is 10.1. The summed E-state index contributed by atoms with van der Waals surface area (Å²) in [6, 6.07) is 15.0. The van der Waals surface area contributed by atoms with E-state index >= 15 is 0 Å². The Morgan fingerprint density at radius 3 is 2.30 bits per heavy atom. The number of nitrogens with zero attached hydrogens (tertiary/aromatic N) is 3. The van der Waals surface area contributed by atoms with Crippen molar-refractivity contribution in [3.05, 3.63) is 59.7 Å². The highest BCUT2D eigenvalue weighted by molar-refractivity contribution is 5.72. The normalized spacial score (nSPS) is 11.3. The Morgan fingerprint density at radius 2 is 1.65 bits per heavy atom. The Balaban J connectivity index is 2.09. The van der Waals surface area contributed by atoms with Gasteiger partial charge in [0.15, 0.2) is 0 Å². The summed E-state index contributed by atoms with van der Waals surface area (Å²) in [5.41, 5.74) is 2.64. The summed E-state index contributed by atoms with van der Waals surface area (Å²) >= 11 is 0. The van der Waals surface area contributed by atoms with Crippen LogP contribution in [-0.2, 0) is 0 Å². The predicted molar refractivity (Wildman–Crippen MR) is 81.7 cm³/mol. The summed E-state index contributed by atoms with van der Waals surface area (Å²) in [6.45, 7) is 0. The third-order valence-electron chi connectivity index (χ3n) is 2.62. The summed E-state index contributed by atoms with van der Waals surface area (Å²) in [7, 11) is 3.65. The number of aromatic hydroxyl groups is 1. The Labute approximate surface area is 118 Å². The molecular formula is C16H17N3O. The lowest BCUT2D eigenvalue weighted by Crippen LogP contribution is -1.98. The van der Waals surface area contributed by atoms with Crippen molar-refractivity contribution in [2.45, 2.75) is 0 Å². The topological polar surface area (TPSA) is 48.2 Å². The van der Waals surface area contributed by atoms with Gasteiger partial charge in [-0.25, -0.2) is 0 Å². The minimum atomic E-state index is 0.278. The zero-order valence-electron chi connectivity index (χ0n) is 11.6. The summed E-state index contributed by atoms with van der Waals surface area (Å²) in [6.07, 6.45) is 3.83. The van der Waals surface area contributed by atoms with Crippen LogP contribution < -0.4 is 0 Å². The molecule has 0 spiro atoms. The number of benzene rings is 2. The zero-order chi connectivity index (χ0) is 14.4. The van der Waals surface area contributed by atoms with Crippen LogP contribution in [0.25, 0.3) is 12.2 Å². The van der Waals surface area contributed by atoms with Crippen LogP contribution in [0.3, 0.4) is 0 Å². The van der Waals surface area contributed by atoms with Crippen LogP contribution in [0.1, 0.15) is 11.1 Å². The van der Waals surface area contributed by atoms with Crippen LogP contribution in [-0.4, -0.2) is 24.2 Å². The van der Waals surface area contributed by atoms with Crippen molar-refractivity contribution in [2.24, 2.45) is 10.3 Å². The van der Waals surface area contributed by atoms with E-state index in [4.69, 9.17) is 0 Å². The molecule has 102 valence electrons. The first-order valence-electron chi connectivity index (χ1n) is 6.30. The van der Waals surface area contributed by atoms with Crippen molar-refractivity contribution in [3.63, 3.8) is 0 Å². The molecule has 20 heavy (non-hydrogen) atoms. The Hall–Kier alpha value is -2.62. The number of para-hydroxylation sites is 1. The molecule has 0 heterocycles. The van der Waals surface area contributed by atoms with Gasteiger partial charge in [0.2, 0.25) is 0 Å². The van der Waals surface area contributed by atoms with E-state index in [2.05, 4.69) is 10.3 Å². The fourth-order valence-corrected chi connectivity index (χ4v) is 1.61. The molecule has 2 rings (SSSR count). The number of phenolic OH excluding ortho intramolecular Hbond substituents is 1. The van der Waals surface area contributed by atoms with Crippen LogP contribution in [0.5, 0.6) is 5.75 Å². The minimum Gasteiger partial charge on any atom is -0.507 e. The molecule has 2 aromatic carbocycles. The maximum atomic E-state index is 9.67. The number of phenols is 1. The van der Waals surface area contributed by atoms with Crippen molar-refractivity contribution >= 4 is 17.8 Å². The van der Waals surface area contributed by atoms with Gasteiger partial charge >= 0.3 is 0 Å². The van der Waals surface area contributed by atoms with Crippen molar-refractivity contribution in [2.75, 3.05) is 14.1 Å². The van der Waals surface area contributed by atoms with Gasteiger partial charge in [-0.05, 0) is 23.8 Å². The summed E-state index contributed by atoms with van der Waals surface area (Å²) in [5.74, 6) is 0.278. The van der Waals surface area contributed by atoms with Crippen LogP contribution in [0.4, 0.5) is 5.69 Å². The van der Waals surface area contributed by atoms with Crippen LogP contribution in [0.15, 0.2) is 58.9 Å². The molecule has 2 aromatic rings. The standard InChI is InChI=1S/C16H17N3O/c1-19(2)18-17-15-11-8-13(9-12-15)7-10-14-5-3-4-6-16(14)20/h3-12,20H,1-2H3/b10-7-,18-17?. The van der Waals surface area contributed by atoms with E-state index in [9.17, 15) is 5.11 Å². The molecule has 0 atom stereocenters. The lowest BCUT2D eigenvalue weighted by molar-refractivity contribution is 0.408. The molecule has 4 nitrogen and oxygen atoms in total. The molecule has 0 aromatic heterocycles. The average Bonchev–Trinajstić information content (AvgIpc) is 2.45. The third-order valence-corrected chi connectivity index (χ3v) is 2.62. The summed E-state index contributed by atoms with van der Waals surface area (Å²) in [5, 5.41) is 19.3. The Morgan fingerprint density at radius 1 is 0.950 bits per heavy atom. The maximum absolute atomic E-state index is 9.67. The first-order chi connectivity index (χ1) is 9.65. The minimum absolute atomic E-state index is 0.278. The molecule has 0 saturated carbocycles. The van der Waals surface area contributed by atoms with Gasteiger partial charge in [-0.15, -0.1) is 5.11 Å². The fraction of sp³-hybridized carbons (Fsp3) is 0.125. The second-order valence-corrected chi connectivity index (χ2v) is 4.52. The van der Waals surface area contributed by atoms with Gasteiger partial charge in [-0.2, -0.15) is 0 Å². The monoisotopic (exact) mass is 267 g/mol. The van der Waals surface area contributed by atoms with E-state index < -0.39 is 0 Å². The molecule has 0 radical (unpaired) electrons. The van der Waals surface area contributed by atoms with Gasteiger partial charge < -0.3 is 5.11 Å². The average molecular weight is 267 g/mol. The molecule has 0 amide bonds. The van der Waals surface area contributed by atoms with Gasteiger partial charge in [-0.3, -0.25) is 5.01 Å². The van der Waals surface area contributed by atoms with Crippen molar-refractivity contribution < 1.29 is 5.11 Å². The van der Waals surface area contributed by atoms with Gasteiger partial charge in [-0.1, -0.05) is 47.7 Å². The second kappa shape index (κ2) is 6.52. The van der Waals surface area contributed by atoms with Crippen molar-refractivity contribution in [3.8, 4) is 5.75 Å². The summed E-state index contributed by atoms with van der Waals surface area (Å²) < 4.78 is 0. The molecule has 0 saturated heterocycles. The van der Waals surface area contributed by atoms with Crippen LogP contribution >= 0.6 is 0 Å². The predicted octanol–water partition coefficient (Wildman–Crippen LogP) is 4.12. The summed E-state index contributed by atoms with van der Waals surface area (Å²) in [4.78, 5) is 0. The van der Waals surface area contributed by atoms with Gasteiger partial charge in [0.25, 0.3) is 0 Å². The highest BCUT2D eigenvalue weighted by atomic mass is 16.3. The second-order valence-electron chi connectivity index (χ2n) is 4.52. The number of hydrogen-bond donors (Lipinski definition) is 1. The molecule has 0 unspecified atom stereocenters. The quantitative estimate of drug-likeness (QED) is 0.514. The molecule has 0 bridgehead atoms. The Bertz CT molecular complexity index is 616. The molecule has 0 aliphatic heterocycles. The van der Waals surface area contributed by atoms with E-state index in [-0.39, 0.29) is 5.75 Å². The third kappa shape index (κ3) is 3.95. The van der Waals surface area contributed by atoms with Crippen molar-refractivity contribution in [1.82, 2.24) is 5.01 Å². The molecular weight excluding hydrogens is 250 g/mol. The van der Waals surface area contributed by atoms with Gasteiger partial charge in [0.05, 0.1) is 5.69 Å². The zero-order valence-corrected chi connectivity index (χ0v) is 11.6. The first kappa shape index (κ1) is 13.8. The smallest absolute Gasteiger partial charge is 0.122 e. The van der Waals surface area contributed by atoms with Crippen LogP contribution in [0.2, 0.25) is 0 Å². The molecule has 0 fully saturated rings. The largest absolute Gasteiger partial charge is 0.507 e. The maximum Gasteiger partial charge on any atom is 0.122 e. The highest BCUT2D eigenvalue weighted by Crippen LogP contribution is 2.20. The fourth-order valence-electron chi connectivity index (χ4n) is 1.61. The Kier molecular flexibility index (Phi) is 4.50. The van der Waals surface area contributed by atoms with Crippen LogP contribution in [0, 0.1) is 0 Å². The van der Waals surface area contributed by atoms with Crippen molar-refractivity contribution in [1.29, 1.82) is 0 Å². The van der Waals surface area contributed by atoms with E-state index in [1.54, 1.807) is 17.1 Å². The number of hydrogen-bond acceptors (Lipinski definition) is 3. The number of rotatable bonds is 4. The molecule has 0 aliphatic carbocycles. The van der Waals surface area contributed by atoms with E-state index in [1.165, 1.54) is 0 Å². The molecule has 1 N–H and O–H groups in total. The van der Waals surface area contributed by atoms with E-state index in [1.807, 2.05) is 62.6 Å². The molecule has 0 aliphatic rings. The lowest BCUT2D eigenvalue weighted by Gasteiger charge is -2.01.